The number of halogens is 3. The maximum absolute atomic E-state index is 13.9. The summed E-state index contributed by atoms with van der Waals surface area (Å²) < 4.78 is 38.3. The summed E-state index contributed by atoms with van der Waals surface area (Å²) in [4.78, 5) is 7.66. The summed E-state index contributed by atoms with van der Waals surface area (Å²) in [6, 6.07) is 15.8. The van der Waals surface area contributed by atoms with Crippen LogP contribution in [0.4, 0.5) is 8.78 Å². The van der Waals surface area contributed by atoms with Crippen molar-refractivity contribution in [2.24, 2.45) is 0 Å². The molecule has 0 aliphatic carbocycles. The summed E-state index contributed by atoms with van der Waals surface area (Å²) >= 11 is 5.77. The molecule has 1 N–H and O–H groups in total. The third-order valence-electron chi connectivity index (χ3n) is 4.55. The lowest BCUT2D eigenvalue weighted by molar-refractivity contribution is 0.297. The van der Waals surface area contributed by atoms with Gasteiger partial charge in [-0.05, 0) is 48.5 Å². The Labute approximate surface area is 177 Å². The second kappa shape index (κ2) is 8.55. The Hall–Kier alpha value is -3.38. The third kappa shape index (κ3) is 4.28. The van der Waals surface area contributed by atoms with Crippen LogP contribution >= 0.6 is 11.6 Å². The number of benzene rings is 3. The molecule has 1 heterocycles. The van der Waals surface area contributed by atoms with E-state index in [1.165, 1.54) is 18.2 Å². The molecular weight excluding hydrogens is 410 g/mol. The average molecular weight is 427 g/mol. The molecule has 152 valence electrons. The van der Waals surface area contributed by atoms with E-state index >= 15 is 0 Å². The van der Waals surface area contributed by atoms with E-state index in [2.05, 4.69) is 9.97 Å². The van der Waals surface area contributed by atoms with Gasteiger partial charge in [-0.25, -0.2) is 13.8 Å². The molecule has 0 bridgehead atoms. The van der Waals surface area contributed by atoms with Crippen molar-refractivity contribution in [3.8, 4) is 34.1 Å². The summed E-state index contributed by atoms with van der Waals surface area (Å²) in [5, 5.41) is 0.335. The van der Waals surface area contributed by atoms with Crippen molar-refractivity contribution in [2.75, 3.05) is 7.11 Å². The number of hydrogen-bond acceptors (Lipinski definition) is 3. The van der Waals surface area contributed by atoms with Gasteiger partial charge in [0.1, 0.15) is 35.6 Å². The number of aromatic amines is 1. The topological polar surface area (TPSA) is 47.1 Å². The van der Waals surface area contributed by atoms with E-state index in [4.69, 9.17) is 21.1 Å². The zero-order valence-corrected chi connectivity index (χ0v) is 16.7. The van der Waals surface area contributed by atoms with Crippen LogP contribution in [-0.2, 0) is 6.61 Å². The first-order valence-corrected chi connectivity index (χ1v) is 9.48. The molecule has 3 aromatic carbocycles. The van der Waals surface area contributed by atoms with Crippen LogP contribution in [0.15, 0.2) is 66.9 Å². The Bertz CT molecular complexity index is 1180. The molecule has 0 unspecified atom stereocenters. The summed E-state index contributed by atoms with van der Waals surface area (Å²) in [5.74, 6) is 0.975. The van der Waals surface area contributed by atoms with Gasteiger partial charge < -0.3 is 14.5 Å². The van der Waals surface area contributed by atoms with E-state index in [-0.39, 0.29) is 12.4 Å². The Morgan fingerprint density at radius 2 is 1.80 bits per heavy atom. The zero-order valence-electron chi connectivity index (χ0n) is 16.0. The molecule has 4 rings (SSSR count). The number of nitrogens with zero attached hydrogens (tertiary/aromatic N) is 1. The number of methoxy groups -OCH3 is 1. The largest absolute Gasteiger partial charge is 0.496 e. The molecule has 1 aromatic heterocycles. The maximum atomic E-state index is 13.9. The second-order valence-corrected chi connectivity index (χ2v) is 6.96. The monoisotopic (exact) mass is 426 g/mol. The molecule has 0 aliphatic rings. The molecule has 0 saturated heterocycles. The minimum atomic E-state index is -0.420. The molecule has 0 spiro atoms. The summed E-state index contributed by atoms with van der Waals surface area (Å²) in [6.07, 6.45) is 1.75. The van der Waals surface area contributed by atoms with Gasteiger partial charge in [-0.15, -0.1) is 0 Å². The lowest BCUT2D eigenvalue weighted by Crippen LogP contribution is -1.99. The summed E-state index contributed by atoms with van der Waals surface area (Å²) in [7, 11) is 1.55. The number of rotatable bonds is 6. The van der Waals surface area contributed by atoms with Crippen molar-refractivity contribution in [1.29, 1.82) is 0 Å². The number of nitrogens with one attached hydrogen (secondary N) is 1. The first kappa shape index (κ1) is 19.9. The van der Waals surface area contributed by atoms with Gasteiger partial charge in [0.05, 0.1) is 12.8 Å². The zero-order chi connectivity index (χ0) is 21.1. The quantitative estimate of drug-likeness (QED) is 0.395. The Kier molecular flexibility index (Phi) is 5.68. The summed E-state index contributed by atoms with van der Waals surface area (Å²) in [5.41, 5.74) is 2.60. The molecule has 4 aromatic rings. The molecule has 0 aliphatic heterocycles. The summed E-state index contributed by atoms with van der Waals surface area (Å²) in [6.45, 7) is 0.0582. The molecule has 0 atom stereocenters. The van der Waals surface area contributed by atoms with E-state index in [0.29, 0.717) is 33.6 Å². The van der Waals surface area contributed by atoms with Gasteiger partial charge in [0, 0.05) is 34.0 Å². The van der Waals surface area contributed by atoms with Crippen molar-refractivity contribution < 1.29 is 18.3 Å². The van der Waals surface area contributed by atoms with Gasteiger partial charge in [0.25, 0.3) is 0 Å². The standard InChI is InChI=1S/C23H17ClF2N2O2/c1-29-22-11-18(30-13-15-2-5-16(24)10-20(15)26)8-9-19(22)21-12-27-23(28-21)14-3-6-17(25)7-4-14/h2-12H,13H2,1H3,(H,27,28). The molecule has 0 saturated carbocycles. The number of imidazole rings is 1. The van der Waals surface area contributed by atoms with Gasteiger partial charge >= 0.3 is 0 Å². The van der Waals surface area contributed by atoms with Gasteiger partial charge in [0.15, 0.2) is 0 Å². The molecule has 7 heteroatoms. The van der Waals surface area contributed by atoms with Gasteiger partial charge in [-0.2, -0.15) is 0 Å². The number of aromatic nitrogens is 2. The van der Waals surface area contributed by atoms with Crippen LogP contribution in [-0.4, -0.2) is 17.1 Å². The molecule has 30 heavy (non-hydrogen) atoms. The minimum Gasteiger partial charge on any atom is -0.496 e. The maximum Gasteiger partial charge on any atom is 0.138 e. The van der Waals surface area contributed by atoms with Gasteiger partial charge in [-0.1, -0.05) is 17.7 Å². The smallest absolute Gasteiger partial charge is 0.138 e. The fraction of sp³-hybridized carbons (Fsp3) is 0.0870. The highest BCUT2D eigenvalue weighted by molar-refractivity contribution is 6.30. The Morgan fingerprint density at radius 3 is 2.53 bits per heavy atom. The molecule has 0 amide bonds. The average Bonchev–Trinajstić information content (AvgIpc) is 3.23. The van der Waals surface area contributed by atoms with Crippen LogP contribution < -0.4 is 9.47 Å². The van der Waals surface area contributed by atoms with Crippen molar-refractivity contribution in [3.05, 3.63) is 89.1 Å². The highest BCUT2D eigenvalue weighted by Crippen LogP contribution is 2.33. The Balaban J connectivity index is 1.54. The molecule has 0 radical (unpaired) electrons. The molecular formula is C23H17ClF2N2O2. The highest BCUT2D eigenvalue weighted by atomic mass is 35.5. The number of hydrogen-bond donors (Lipinski definition) is 1. The van der Waals surface area contributed by atoms with Gasteiger partial charge in [0.2, 0.25) is 0 Å². The van der Waals surface area contributed by atoms with E-state index < -0.39 is 5.82 Å². The van der Waals surface area contributed by atoms with E-state index in [1.54, 1.807) is 49.7 Å². The van der Waals surface area contributed by atoms with Crippen molar-refractivity contribution in [3.63, 3.8) is 0 Å². The van der Waals surface area contributed by atoms with E-state index in [9.17, 15) is 8.78 Å². The van der Waals surface area contributed by atoms with Crippen molar-refractivity contribution >= 4 is 11.6 Å². The second-order valence-electron chi connectivity index (χ2n) is 6.53. The molecule has 4 nitrogen and oxygen atoms in total. The first-order chi connectivity index (χ1) is 14.5. The fourth-order valence-electron chi connectivity index (χ4n) is 2.99. The van der Waals surface area contributed by atoms with Crippen molar-refractivity contribution in [1.82, 2.24) is 9.97 Å². The first-order valence-electron chi connectivity index (χ1n) is 9.10. The van der Waals surface area contributed by atoms with Crippen LogP contribution in [0.5, 0.6) is 11.5 Å². The number of H-pyrrole nitrogens is 1. The van der Waals surface area contributed by atoms with E-state index in [1.807, 2.05) is 6.07 Å². The van der Waals surface area contributed by atoms with Crippen LogP contribution in [0, 0.1) is 11.6 Å². The van der Waals surface area contributed by atoms with Crippen LogP contribution in [0.25, 0.3) is 22.6 Å². The normalized spacial score (nSPS) is 10.8. The molecule has 0 fully saturated rings. The van der Waals surface area contributed by atoms with Crippen LogP contribution in [0.2, 0.25) is 5.02 Å². The van der Waals surface area contributed by atoms with Crippen LogP contribution in [0.3, 0.4) is 0 Å². The van der Waals surface area contributed by atoms with Gasteiger partial charge in [-0.3, -0.25) is 0 Å². The lowest BCUT2D eigenvalue weighted by Gasteiger charge is -2.11. The third-order valence-corrected chi connectivity index (χ3v) is 4.79. The minimum absolute atomic E-state index is 0.0582. The highest BCUT2D eigenvalue weighted by Gasteiger charge is 2.13. The van der Waals surface area contributed by atoms with E-state index in [0.717, 1.165) is 11.1 Å². The number of ether oxygens (including phenoxy) is 2. The fourth-order valence-corrected chi connectivity index (χ4v) is 3.15. The van der Waals surface area contributed by atoms with Crippen molar-refractivity contribution in [2.45, 2.75) is 6.61 Å². The lowest BCUT2D eigenvalue weighted by atomic mass is 10.1. The predicted molar refractivity (Wildman–Crippen MR) is 112 cm³/mol. The predicted octanol–water partition coefficient (Wildman–Crippen LogP) is 6.26. The Morgan fingerprint density at radius 1 is 1.00 bits per heavy atom. The van der Waals surface area contributed by atoms with Crippen LogP contribution in [0.1, 0.15) is 5.56 Å². The SMILES string of the molecule is COc1cc(OCc2ccc(Cl)cc2F)ccc1-c1c[nH]c(-c2ccc(F)cc2)n1.